The maximum atomic E-state index is 3.97. The molecule has 1 N–H and O–H groups in total. The summed E-state index contributed by atoms with van der Waals surface area (Å²) < 4.78 is 0. The highest BCUT2D eigenvalue weighted by atomic mass is 14.9. The summed E-state index contributed by atoms with van der Waals surface area (Å²) in [4.78, 5) is 0. The van der Waals surface area contributed by atoms with Gasteiger partial charge in [-0.25, -0.2) is 0 Å². The molecule has 0 amide bonds. The van der Waals surface area contributed by atoms with Gasteiger partial charge in [0.2, 0.25) is 0 Å². The first kappa shape index (κ1) is 11.3. The lowest BCUT2D eigenvalue weighted by atomic mass is 10.1. The highest BCUT2D eigenvalue weighted by Gasteiger charge is 2.04. The van der Waals surface area contributed by atoms with Gasteiger partial charge < -0.3 is 5.32 Å². The van der Waals surface area contributed by atoms with Gasteiger partial charge in [0, 0.05) is 11.4 Å². The van der Waals surface area contributed by atoms with E-state index in [1.54, 1.807) is 0 Å². The van der Waals surface area contributed by atoms with Gasteiger partial charge in [0.25, 0.3) is 0 Å². The van der Waals surface area contributed by atoms with E-state index in [2.05, 4.69) is 52.6 Å². The van der Waals surface area contributed by atoms with Crippen LogP contribution in [0, 0.1) is 11.8 Å². The molecule has 0 aliphatic heterocycles. The molecule has 0 unspecified atom stereocenters. The molecular weight excluding hydrogens is 146 g/mol. The molecule has 0 aromatic rings. The molecule has 0 bridgehead atoms. The second-order valence-corrected chi connectivity index (χ2v) is 3.70. The minimum absolute atomic E-state index is 0.499. The van der Waals surface area contributed by atoms with Gasteiger partial charge in [-0.2, -0.15) is 0 Å². The van der Waals surface area contributed by atoms with Crippen LogP contribution in [0.3, 0.4) is 0 Å². The molecule has 0 aromatic carbocycles. The van der Waals surface area contributed by atoms with Crippen molar-refractivity contribution >= 4 is 0 Å². The SMILES string of the molecule is C=C(N/C(=C\C)C(C)C)C(C)C. The molecule has 0 rings (SSSR count). The van der Waals surface area contributed by atoms with E-state index < -0.39 is 0 Å². The quantitative estimate of drug-likeness (QED) is 0.677. The van der Waals surface area contributed by atoms with Crippen molar-refractivity contribution in [1.82, 2.24) is 5.32 Å². The Morgan fingerprint density at radius 3 is 1.92 bits per heavy atom. The lowest BCUT2D eigenvalue weighted by molar-refractivity contribution is 0.638. The predicted molar refractivity (Wildman–Crippen MR) is 55.7 cm³/mol. The van der Waals surface area contributed by atoms with E-state index in [4.69, 9.17) is 0 Å². The Bertz CT molecular complexity index is 175. The van der Waals surface area contributed by atoms with Crippen molar-refractivity contribution in [2.75, 3.05) is 0 Å². The maximum absolute atomic E-state index is 3.97. The van der Waals surface area contributed by atoms with E-state index in [0.717, 1.165) is 5.70 Å². The summed E-state index contributed by atoms with van der Waals surface area (Å²) in [7, 11) is 0. The molecule has 0 atom stereocenters. The van der Waals surface area contributed by atoms with Crippen LogP contribution in [0.1, 0.15) is 34.6 Å². The van der Waals surface area contributed by atoms with Gasteiger partial charge in [-0.3, -0.25) is 0 Å². The van der Waals surface area contributed by atoms with E-state index in [1.165, 1.54) is 5.70 Å². The summed E-state index contributed by atoms with van der Waals surface area (Å²) in [6, 6.07) is 0. The lowest BCUT2D eigenvalue weighted by Gasteiger charge is -2.18. The van der Waals surface area contributed by atoms with E-state index >= 15 is 0 Å². The number of rotatable bonds is 4. The highest BCUT2D eigenvalue weighted by molar-refractivity contribution is 5.10. The predicted octanol–water partition coefficient (Wildman–Crippen LogP) is 3.31. The third kappa shape index (κ3) is 3.61. The fourth-order valence-electron chi connectivity index (χ4n) is 0.880. The van der Waals surface area contributed by atoms with E-state index in [-0.39, 0.29) is 0 Å². The van der Waals surface area contributed by atoms with Crippen molar-refractivity contribution < 1.29 is 0 Å². The molecule has 0 saturated heterocycles. The molecule has 1 heteroatoms. The fourth-order valence-corrected chi connectivity index (χ4v) is 0.880. The molecule has 0 spiro atoms. The Morgan fingerprint density at radius 1 is 1.17 bits per heavy atom. The summed E-state index contributed by atoms with van der Waals surface area (Å²) in [5.41, 5.74) is 2.35. The summed E-state index contributed by atoms with van der Waals surface area (Å²) in [5.74, 6) is 1.05. The maximum Gasteiger partial charge on any atom is 0.0131 e. The average Bonchev–Trinajstić information content (AvgIpc) is 1.98. The molecule has 0 radical (unpaired) electrons. The van der Waals surface area contributed by atoms with E-state index in [1.807, 2.05) is 0 Å². The zero-order chi connectivity index (χ0) is 9.72. The zero-order valence-electron chi connectivity index (χ0n) is 8.94. The Labute approximate surface area is 76.6 Å². The van der Waals surface area contributed by atoms with Gasteiger partial charge in [-0.05, 0) is 18.8 Å². The average molecular weight is 167 g/mol. The lowest BCUT2D eigenvalue weighted by Crippen LogP contribution is -2.19. The second kappa shape index (κ2) is 5.02. The normalized spacial score (nSPS) is 12.4. The minimum Gasteiger partial charge on any atom is -0.363 e. The van der Waals surface area contributed by atoms with Crippen molar-refractivity contribution in [2.45, 2.75) is 34.6 Å². The van der Waals surface area contributed by atoms with Crippen LogP contribution in [0.5, 0.6) is 0 Å². The van der Waals surface area contributed by atoms with Crippen molar-refractivity contribution in [3.05, 3.63) is 24.0 Å². The number of allylic oxidation sites excluding steroid dienone is 3. The molecule has 12 heavy (non-hydrogen) atoms. The fraction of sp³-hybridized carbons (Fsp3) is 0.636. The monoisotopic (exact) mass is 167 g/mol. The highest BCUT2D eigenvalue weighted by Crippen LogP contribution is 2.11. The first-order valence-corrected chi connectivity index (χ1v) is 4.61. The molecule has 0 fully saturated rings. The van der Waals surface area contributed by atoms with Crippen LogP contribution in [0.4, 0.5) is 0 Å². The topological polar surface area (TPSA) is 12.0 Å². The summed E-state index contributed by atoms with van der Waals surface area (Å²) in [6.07, 6.45) is 2.11. The molecule has 0 aliphatic carbocycles. The number of hydrogen-bond donors (Lipinski definition) is 1. The second-order valence-electron chi connectivity index (χ2n) is 3.70. The van der Waals surface area contributed by atoms with E-state index in [0.29, 0.717) is 11.8 Å². The van der Waals surface area contributed by atoms with Gasteiger partial charge in [-0.1, -0.05) is 40.3 Å². The number of hydrogen-bond acceptors (Lipinski definition) is 1. The first-order valence-electron chi connectivity index (χ1n) is 4.61. The van der Waals surface area contributed by atoms with Crippen LogP contribution < -0.4 is 5.32 Å². The zero-order valence-corrected chi connectivity index (χ0v) is 8.94. The van der Waals surface area contributed by atoms with Crippen LogP contribution in [0.25, 0.3) is 0 Å². The van der Waals surface area contributed by atoms with Crippen molar-refractivity contribution in [3.8, 4) is 0 Å². The molecular formula is C11H21N. The molecule has 1 nitrogen and oxygen atoms in total. The van der Waals surface area contributed by atoms with E-state index in [9.17, 15) is 0 Å². The summed E-state index contributed by atoms with van der Waals surface area (Å²) in [6.45, 7) is 14.7. The van der Waals surface area contributed by atoms with Crippen LogP contribution >= 0.6 is 0 Å². The Hall–Kier alpha value is -0.720. The number of nitrogens with one attached hydrogen (secondary N) is 1. The van der Waals surface area contributed by atoms with Crippen LogP contribution in [-0.2, 0) is 0 Å². The van der Waals surface area contributed by atoms with Crippen molar-refractivity contribution in [2.24, 2.45) is 11.8 Å². The standard InChI is InChI=1S/C11H21N/c1-7-11(9(4)5)12-10(6)8(2)3/h7-9,12H,6H2,1-5H3/b11-7-. The third-order valence-electron chi connectivity index (χ3n) is 1.93. The molecule has 0 saturated carbocycles. The Morgan fingerprint density at radius 2 is 1.67 bits per heavy atom. The minimum atomic E-state index is 0.499. The molecule has 70 valence electrons. The van der Waals surface area contributed by atoms with Crippen LogP contribution in [0.15, 0.2) is 24.0 Å². The third-order valence-corrected chi connectivity index (χ3v) is 1.93. The molecule has 0 aromatic heterocycles. The largest absolute Gasteiger partial charge is 0.363 e. The summed E-state index contributed by atoms with van der Waals surface area (Å²) in [5, 5.41) is 3.33. The Kier molecular flexibility index (Phi) is 4.72. The van der Waals surface area contributed by atoms with Gasteiger partial charge in [0.1, 0.15) is 0 Å². The van der Waals surface area contributed by atoms with Crippen LogP contribution in [-0.4, -0.2) is 0 Å². The first-order chi connectivity index (χ1) is 5.49. The molecule has 0 heterocycles. The van der Waals surface area contributed by atoms with Gasteiger partial charge in [0.05, 0.1) is 0 Å². The van der Waals surface area contributed by atoms with Gasteiger partial charge >= 0.3 is 0 Å². The van der Waals surface area contributed by atoms with Crippen molar-refractivity contribution in [3.63, 3.8) is 0 Å². The van der Waals surface area contributed by atoms with Crippen LogP contribution in [0.2, 0.25) is 0 Å². The van der Waals surface area contributed by atoms with Gasteiger partial charge in [0.15, 0.2) is 0 Å². The molecule has 0 aliphatic rings. The van der Waals surface area contributed by atoms with Crippen molar-refractivity contribution in [1.29, 1.82) is 0 Å². The summed E-state index contributed by atoms with van der Waals surface area (Å²) >= 11 is 0. The Balaban J connectivity index is 4.15. The smallest absolute Gasteiger partial charge is 0.0131 e. The van der Waals surface area contributed by atoms with Gasteiger partial charge in [-0.15, -0.1) is 0 Å².